The van der Waals surface area contributed by atoms with Crippen LogP contribution in [0.15, 0.2) is 48.5 Å². The van der Waals surface area contributed by atoms with Gasteiger partial charge < -0.3 is 10.1 Å². The predicted molar refractivity (Wildman–Crippen MR) is 91.4 cm³/mol. The first-order valence-electron chi connectivity index (χ1n) is 8.47. The molecule has 24 heavy (non-hydrogen) atoms. The summed E-state index contributed by atoms with van der Waals surface area (Å²) >= 11 is 0. The summed E-state index contributed by atoms with van der Waals surface area (Å²) in [6, 6.07) is 14.0. The third kappa shape index (κ3) is 3.75. The van der Waals surface area contributed by atoms with Gasteiger partial charge in [-0.2, -0.15) is 0 Å². The van der Waals surface area contributed by atoms with E-state index in [4.69, 9.17) is 4.74 Å². The van der Waals surface area contributed by atoms with Gasteiger partial charge in [-0.3, -0.25) is 4.79 Å². The van der Waals surface area contributed by atoms with E-state index in [0.717, 1.165) is 19.3 Å². The average Bonchev–Trinajstić information content (AvgIpc) is 2.61. The molecule has 2 atom stereocenters. The molecule has 0 aliphatic heterocycles. The van der Waals surface area contributed by atoms with Gasteiger partial charge in [-0.25, -0.2) is 4.39 Å². The number of aryl methyl sites for hydroxylation is 1. The van der Waals surface area contributed by atoms with Crippen LogP contribution in [-0.4, -0.2) is 12.0 Å². The maximum atomic E-state index is 13.0. The third-order valence-corrected chi connectivity index (χ3v) is 4.44. The van der Waals surface area contributed by atoms with Crippen molar-refractivity contribution in [3.8, 4) is 5.75 Å². The lowest BCUT2D eigenvalue weighted by atomic mass is 9.87. The van der Waals surface area contributed by atoms with Gasteiger partial charge in [0.25, 0.3) is 5.91 Å². The number of carbonyl (C=O) groups is 1. The minimum atomic E-state index is -0.579. The molecule has 0 fully saturated rings. The highest BCUT2D eigenvalue weighted by Crippen LogP contribution is 2.29. The van der Waals surface area contributed by atoms with Crippen LogP contribution in [0, 0.1) is 5.82 Å². The second-order valence-corrected chi connectivity index (χ2v) is 6.12. The van der Waals surface area contributed by atoms with Crippen molar-refractivity contribution < 1.29 is 13.9 Å². The van der Waals surface area contributed by atoms with Crippen molar-refractivity contribution in [2.45, 2.75) is 44.8 Å². The Labute approximate surface area is 141 Å². The maximum Gasteiger partial charge on any atom is 0.261 e. The average molecular weight is 327 g/mol. The zero-order valence-electron chi connectivity index (χ0n) is 13.8. The molecule has 0 saturated heterocycles. The zero-order valence-corrected chi connectivity index (χ0v) is 13.8. The molecule has 0 radical (unpaired) electrons. The Morgan fingerprint density at radius 3 is 2.75 bits per heavy atom. The molecular weight excluding hydrogens is 305 g/mol. The van der Waals surface area contributed by atoms with E-state index in [1.807, 2.05) is 19.1 Å². The van der Waals surface area contributed by atoms with Crippen LogP contribution in [0.25, 0.3) is 0 Å². The fourth-order valence-electron chi connectivity index (χ4n) is 3.17. The maximum absolute atomic E-state index is 13.0. The van der Waals surface area contributed by atoms with Crippen molar-refractivity contribution in [1.29, 1.82) is 0 Å². The lowest BCUT2D eigenvalue weighted by Gasteiger charge is -2.28. The van der Waals surface area contributed by atoms with Crippen LogP contribution in [0.4, 0.5) is 4.39 Å². The minimum Gasteiger partial charge on any atom is -0.481 e. The van der Waals surface area contributed by atoms with Gasteiger partial charge >= 0.3 is 0 Å². The van der Waals surface area contributed by atoms with Gasteiger partial charge in [0.15, 0.2) is 6.10 Å². The van der Waals surface area contributed by atoms with E-state index in [1.165, 1.54) is 23.3 Å². The lowest BCUT2D eigenvalue weighted by Crippen LogP contribution is -2.40. The Balaban J connectivity index is 1.68. The topological polar surface area (TPSA) is 38.3 Å². The van der Waals surface area contributed by atoms with E-state index < -0.39 is 6.10 Å². The van der Waals surface area contributed by atoms with Crippen molar-refractivity contribution in [2.24, 2.45) is 0 Å². The Morgan fingerprint density at radius 1 is 1.25 bits per heavy atom. The highest BCUT2D eigenvalue weighted by molar-refractivity contribution is 5.81. The summed E-state index contributed by atoms with van der Waals surface area (Å²) in [5, 5.41) is 3.12. The number of rotatable bonds is 5. The monoisotopic (exact) mass is 327 g/mol. The van der Waals surface area contributed by atoms with Crippen LogP contribution < -0.4 is 10.1 Å². The van der Waals surface area contributed by atoms with E-state index >= 15 is 0 Å². The minimum absolute atomic E-state index is 0.0355. The van der Waals surface area contributed by atoms with Crippen LogP contribution in [0.2, 0.25) is 0 Å². The molecule has 4 heteroatoms. The number of halogens is 1. The Morgan fingerprint density at radius 2 is 2.00 bits per heavy atom. The number of nitrogens with one attached hydrogen (secondary N) is 1. The normalized spacial score (nSPS) is 17.7. The molecular formula is C20H22FNO2. The van der Waals surface area contributed by atoms with Crippen molar-refractivity contribution in [3.05, 3.63) is 65.5 Å². The molecule has 1 aliphatic rings. The van der Waals surface area contributed by atoms with Crippen LogP contribution in [0.3, 0.4) is 0 Å². The summed E-state index contributed by atoms with van der Waals surface area (Å²) in [4.78, 5) is 12.6. The number of ether oxygens (including phenoxy) is 1. The summed E-state index contributed by atoms with van der Waals surface area (Å²) in [5.74, 6) is 0.0598. The summed E-state index contributed by atoms with van der Waals surface area (Å²) in [6.07, 6.45) is 3.04. The fraction of sp³-hybridized carbons (Fsp3) is 0.350. The second kappa shape index (κ2) is 7.47. The summed E-state index contributed by atoms with van der Waals surface area (Å²) in [5.41, 5.74) is 2.51. The highest BCUT2D eigenvalue weighted by Gasteiger charge is 2.25. The first-order chi connectivity index (χ1) is 11.7. The number of hydrogen-bond donors (Lipinski definition) is 1. The first-order valence-corrected chi connectivity index (χ1v) is 8.47. The summed E-state index contributed by atoms with van der Waals surface area (Å²) in [7, 11) is 0. The van der Waals surface area contributed by atoms with Crippen LogP contribution in [0.1, 0.15) is 43.4 Å². The SMILES string of the molecule is CCC(Oc1ccc(F)cc1)C(=O)NC1CCCc2ccccc21. The van der Waals surface area contributed by atoms with E-state index in [1.54, 1.807) is 12.1 Å². The van der Waals surface area contributed by atoms with Gasteiger partial charge in [0, 0.05) is 0 Å². The summed E-state index contributed by atoms with van der Waals surface area (Å²) in [6.45, 7) is 1.91. The van der Waals surface area contributed by atoms with E-state index in [0.29, 0.717) is 12.2 Å². The Hall–Kier alpha value is -2.36. The van der Waals surface area contributed by atoms with Gasteiger partial charge in [-0.15, -0.1) is 0 Å². The molecule has 3 nitrogen and oxygen atoms in total. The molecule has 0 aromatic heterocycles. The van der Waals surface area contributed by atoms with E-state index in [-0.39, 0.29) is 17.8 Å². The molecule has 0 spiro atoms. The van der Waals surface area contributed by atoms with Gasteiger partial charge in [0.2, 0.25) is 0 Å². The Kier molecular flexibility index (Phi) is 5.14. The molecule has 0 bridgehead atoms. The molecule has 0 heterocycles. The van der Waals surface area contributed by atoms with Gasteiger partial charge in [-0.1, -0.05) is 31.2 Å². The van der Waals surface area contributed by atoms with Crippen LogP contribution in [0.5, 0.6) is 5.75 Å². The number of fused-ring (bicyclic) bond motifs is 1. The van der Waals surface area contributed by atoms with Crippen molar-refractivity contribution in [3.63, 3.8) is 0 Å². The van der Waals surface area contributed by atoms with Crippen molar-refractivity contribution >= 4 is 5.91 Å². The zero-order chi connectivity index (χ0) is 16.9. The van der Waals surface area contributed by atoms with E-state index in [2.05, 4.69) is 17.4 Å². The van der Waals surface area contributed by atoms with Crippen molar-refractivity contribution in [1.82, 2.24) is 5.32 Å². The molecule has 1 amide bonds. The molecule has 0 saturated carbocycles. The van der Waals surface area contributed by atoms with Crippen LogP contribution >= 0.6 is 0 Å². The van der Waals surface area contributed by atoms with Gasteiger partial charge in [0.05, 0.1) is 6.04 Å². The molecule has 3 rings (SSSR count). The fourth-order valence-corrected chi connectivity index (χ4v) is 3.17. The lowest BCUT2D eigenvalue weighted by molar-refractivity contribution is -0.129. The van der Waals surface area contributed by atoms with Crippen LogP contribution in [-0.2, 0) is 11.2 Å². The first kappa shape index (κ1) is 16.5. The molecule has 2 aromatic carbocycles. The van der Waals surface area contributed by atoms with Crippen molar-refractivity contribution in [2.75, 3.05) is 0 Å². The number of amides is 1. The number of benzene rings is 2. The molecule has 2 aromatic rings. The molecule has 1 N–H and O–H groups in total. The third-order valence-electron chi connectivity index (χ3n) is 4.44. The standard InChI is InChI=1S/C20H22FNO2/c1-2-19(24-16-12-10-15(21)11-13-16)20(23)22-18-9-5-7-14-6-3-4-8-17(14)18/h3-4,6,8,10-13,18-19H,2,5,7,9H2,1H3,(H,22,23). The van der Waals surface area contributed by atoms with Gasteiger partial charge in [0.1, 0.15) is 11.6 Å². The number of carbonyl (C=O) groups excluding carboxylic acids is 1. The molecule has 1 aliphatic carbocycles. The Bertz CT molecular complexity index is 699. The quantitative estimate of drug-likeness (QED) is 0.895. The smallest absolute Gasteiger partial charge is 0.261 e. The summed E-state index contributed by atoms with van der Waals surface area (Å²) < 4.78 is 18.7. The molecule has 2 unspecified atom stereocenters. The second-order valence-electron chi connectivity index (χ2n) is 6.12. The number of hydrogen-bond acceptors (Lipinski definition) is 2. The predicted octanol–water partition coefficient (Wildman–Crippen LogP) is 4.18. The highest BCUT2D eigenvalue weighted by atomic mass is 19.1. The van der Waals surface area contributed by atoms with E-state index in [9.17, 15) is 9.18 Å². The van der Waals surface area contributed by atoms with Gasteiger partial charge in [-0.05, 0) is 61.1 Å². The molecule has 126 valence electrons. The largest absolute Gasteiger partial charge is 0.481 e.